The normalized spacial score (nSPS) is 37.7. The van der Waals surface area contributed by atoms with Gasteiger partial charge in [-0.3, -0.25) is 4.79 Å². The van der Waals surface area contributed by atoms with Crippen LogP contribution in [0, 0.1) is 17.8 Å². The van der Waals surface area contributed by atoms with Gasteiger partial charge in [-0.15, -0.1) is 0 Å². The molecule has 0 aromatic carbocycles. The minimum Gasteiger partial charge on any atom is -0.458 e. The lowest BCUT2D eigenvalue weighted by molar-refractivity contribution is -0.149. The van der Waals surface area contributed by atoms with E-state index in [4.69, 9.17) is 9.47 Å². The molecule has 0 radical (unpaired) electrons. The maximum atomic E-state index is 12.2. The van der Waals surface area contributed by atoms with Gasteiger partial charge in [0.05, 0.1) is 5.60 Å². The molecule has 1 heterocycles. The highest BCUT2D eigenvalue weighted by atomic mass is 16.6. The van der Waals surface area contributed by atoms with Gasteiger partial charge in [0.25, 0.3) is 0 Å². The van der Waals surface area contributed by atoms with E-state index in [0.29, 0.717) is 31.3 Å². The molecule has 0 aromatic rings. The Balaban J connectivity index is 1.89. The molecule has 2 aliphatic carbocycles. The van der Waals surface area contributed by atoms with E-state index in [-0.39, 0.29) is 35.8 Å². The summed E-state index contributed by atoms with van der Waals surface area (Å²) in [6.45, 7) is 11.7. The van der Waals surface area contributed by atoms with Crippen molar-refractivity contribution in [2.75, 3.05) is 0 Å². The zero-order valence-electron chi connectivity index (χ0n) is 15.5. The molecule has 1 aliphatic heterocycles. The monoisotopic (exact) mass is 348 g/mol. The maximum Gasteiger partial charge on any atom is 0.334 e. The first-order valence-corrected chi connectivity index (χ1v) is 9.15. The molecular formula is C20H28O5. The lowest BCUT2D eigenvalue weighted by atomic mass is 9.85. The van der Waals surface area contributed by atoms with E-state index in [1.54, 1.807) is 6.92 Å². The van der Waals surface area contributed by atoms with E-state index < -0.39 is 11.7 Å². The summed E-state index contributed by atoms with van der Waals surface area (Å²) in [5.41, 5.74) is 1.37. The van der Waals surface area contributed by atoms with Crippen LogP contribution >= 0.6 is 0 Å². The van der Waals surface area contributed by atoms with E-state index in [0.717, 1.165) is 11.1 Å². The van der Waals surface area contributed by atoms with Crippen molar-refractivity contribution in [3.05, 3.63) is 23.3 Å². The quantitative estimate of drug-likeness (QED) is 0.482. The molecule has 0 saturated carbocycles. The predicted octanol–water partition coefficient (Wildman–Crippen LogP) is 2.92. The summed E-state index contributed by atoms with van der Waals surface area (Å²) >= 11 is 0. The number of fused-ring (bicyclic) bond motifs is 1. The average Bonchev–Trinajstić information content (AvgIpc) is 2.79. The van der Waals surface area contributed by atoms with Crippen LogP contribution in [0.25, 0.3) is 0 Å². The van der Waals surface area contributed by atoms with Crippen LogP contribution in [0.2, 0.25) is 0 Å². The number of carbonyl (C=O) groups excluding carboxylic acids is 2. The van der Waals surface area contributed by atoms with Crippen molar-refractivity contribution < 1.29 is 24.2 Å². The van der Waals surface area contributed by atoms with Gasteiger partial charge in [0, 0.05) is 24.3 Å². The van der Waals surface area contributed by atoms with E-state index in [2.05, 4.69) is 13.5 Å². The summed E-state index contributed by atoms with van der Waals surface area (Å²) < 4.78 is 11.2. The van der Waals surface area contributed by atoms with Gasteiger partial charge in [-0.1, -0.05) is 27.4 Å². The molecule has 1 N–H and O–H groups in total. The second-order valence-corrected chi connectivity index (χ2v) is 8.40. The lowest BCUT2D eigenvalue weighted by Crippen LogP contribution is -2.30. The van der Waals surface area contributed by atoms with E-state index in [1.807, 2.05) is 13.8 Å². The summed E-state index contributed by atoms with van der Waals surface area (Å²) in [5, 5.41) is 11.0. The van der Waals surface area contributed by atoms with Gasteiger partial charge in [0.15, 0.2) is 0 Å². The van der Waals surface area contributed by atoms with E-state index >= 15 is 0 Å². The Morgan fingerprint density at radius 1 is 1.48 bits per heavy atom. The van der Waals surface area contributed by atoms with Crippen molar-refractivity contribution in [2.45, 2.75) is 71.2 Å². The molecule has 0 bridgehead atoms. The van der Waals surface area contributed by atoms with Crippen LogP contribution in [0.4, 0.5) is 0 Å². The van der Waals surface area contributed by atoms with Crippen molar-refractivity contribution in [1.29, 1.82) is 0 Å². The molecule has 5 nitrogen and oxygen atoms in total. The van der Waals surface area contributed by atoms with Gasteiger partial charge in [-0.05, 0) is 42.7 Å². The molecule has 1 saturated heterocycles. The highest BCUT2D eigenvalue weighted by molar-refractivity contribution is 5.91. The fraction of sp³-hybridized carbons (Fsp3) is 0.700. The third-order valence-electron chi connectivity index (χ3n) is 5.73. The largest absolute Gasteiger partial charge is 0.458 e. The average molecular weight is 348 g/mol. The molecule has 0 spiro atoms. The van der Waals surface area contributed by atoms with Crippen LogP contribution in [-0.4, -0.2) is 34.9 Å². The molecule has 1 fully saturated rings. The van der Waals surface area contributed by atoms with Crippen molar-refractivity contribution in [3.63, 3.8) is 0 Å². The number of rotatable bonds is 3. The Labute approximate surface area is 149 Å². The fourth-order valence-corrected chi connectivity index (χ4v) is 4.53. The van der Waals surface area contributed by atoms with Crippen LogP contribution in [0.15, 0.2) is 23.3 Å². The van der Waals surface area contributed by atoms with Crippen LogP contribution in [-0.2, 0) is 19.1 Å². The molecule has 3 rings (SSSR count). The van der Waals surface area contributed by atoms with Crippen LogP contribution in [0.1, 0.15) is 53.4 Å². The molecule has 0 amide bonds. The molecule has 5 atom stereocenters. The third kappa shape index (κ3) is 3.26. The Hall–Kier alpha value is -1.62. The van der Waals surface area contributed by atoms with Gasteiger partial charge < -0.3 is 14.6 Å². The Bertz CT molecular complexity index is 642. The minimum atomic E-state index is -1.03. The highest BCUT2D eigenvalue weighted by Crippen LogP contribution is 2.50. The molecule has 5 unspecified atom stereocenters. The first-order chi connectivity index (χ1) is 11.6. The summed E-state index contributed by atoms with van der Waals surface area (Å²) in [5.74, 6) is -0.342. The Kier molecular flexibility index (Phi) is 4.56. The maximum absolute atomic E-state index is 12.2. The first-order valence-electron chi connectivity index (χ1n) is 9.15. The van der Waals surface area contributed by atoms with Crippen LogP contribution in [0.3, 0.4) is 0 Å². The second-order valence-electron chi connectivity index (χ2n) is 8.40. The standard InChI is InChI=1S/C20H28O5/c1-10(2)6-17(21)24-16-9-20(5,23)14-8-13-12(4)19(22)25-15(13)7-11(3)18(14)16/h10-11,13,15-16,23H,4,6-9H2,1-3,5H3. The summed E-state index contributed by atoms with van der Waals surface area (Å²) in [4.78, 5) is 24.0. The minimum absolute atomic E-state index is 0.0783. The predicted molar refractivity (Wildman–Crippen MR) is 92.5 cm³/mol. The number of hydrogen-bond acceptors (Lipinski definition) is 5. The van der Waals surface area contributed by atoms with E-state index in [1.165, 1.54) is 0 Å². The number of carbonyl (C=O) groups is 2. The topological polar surface area (TPSA) is 72.8 Å². The van der Waals surface area contributed by atoms with Gasteiger partial charge in [0.2, 0.25) is 0 Å². The highest BCUT2D eigenvalue weighted by Gasteiger charge is 2.51. The summed E-state index contributed by atoms with van der Waals surface area (Å²) in [6.07, 6.45) is 1.36. The molecule has 25 heavy (non-hydrogen) atoms. The SMILES string of the molecule is C=C1C(=O)OC2CC(C)C3=C(CC12)C(C)(O)CC3OC(=O)CC(C)C. The third-order valence-corrected chi connectivity index (χ3v) is 5.73. The molecule has 0 aromatic heterocycles. The second kappa shape index (κ2) is 6.27. The van der Waals surface area contributed by atoms with Crippen molar-refractivity contribution >= 4 is 11.9 Å². The van der Waals surface area contributed by atoms with Gasteiger partial charge >= 0.3 is 11.9 Å². The Morgan fingerprint density at radius 2 is 2.16 bits per heavy atom. The molecular weight excluding hydrogens is 320 g/mol. The molecule has 138 valence electrons. The number of hydrogen-bond donors (Lipinski definition) is 1. The van der Waals surface area contributed by atoms with Gasteiger partial charge in [0.1, 0.15) is 12.2 Å². The van der Waals surface area contributed by atoms with Crippen molar-refractivity contribution in [1.82, 2.24) is 0 Å². The smallest absolute Gasteiger partial charge is 0.334 e. The molecule has 5 heteroatoms. The van der Waals surface area contributed by atoms with Crippen LogP contribution < -0.4 is 0 Å². The number of aliphatic hydroxyl groups is 1. The van der Waals surface area contributed by atoms with Gasteiger partial charge in [-0.25, -0.2) is 4.79 Å². The van der Waals surface area contributed by atoms with Crippen LogP contribution in [0.5, 0.6) is 0 Å². The summed E-state index contributed by atoms with van der Waals surface area (Å²) in [7, 11) is 0. The summed E-state index contributed by atoms with van der Waals surface area (Å²) in [6, 6.07) is 0. The Morgan fingerprint density at radius 3 is 2.80 bits per heavy atom. The first kappa shape index (κ1) is 18.2. The number of ether oxygens (including phenoxy) is 2. The lowest BCUT2D eigenvalue weighted by Gasteiger charge is -2.25. The fourth-order valence-electron chi connectivity index (χ4n) is 4.53. The van der Waals surface area contributed by atoms with Crippen molar-refractivity contribution in [2.24, 2.45) is 17.8 Å². The van der Waals surface area contributed by atoms with Crippen molar-refractivity contribution in [3.8, 4) is 0 Å². The molecule has 3 aliphatic rings. The number of esters is 2. The zero-order valence-corrected chi connectivity index (χ0v) is 15.5. The zero-order chi connectivity index (χ0) is 18.5. The van der Waals surface area contributed by atoms with E-state index in [9.17, 15) is 14.7 Å². The van der Waals surface area contributed by atoms with Gasteiger partial charge in [-0.2, -0.15) is 0 Å².